The highest BCUT2D eigenvalue weighted by Crippen LogP contribution is 2.27. The monoisotopic (exact) mass is 466 g/mol. The Morgan fingerprint density at radius 2 is 1.79 bits per heavy atom. The number of nitrogens with one attached hydrogen (secondary N) is 1. The van der Waals surface area contributed by atoms with Crippen LogP contribution in [0.3, 0.4) is 0 Å². The van der Waals surface area contributed by atoms with E-state index in [0.717, 1.165) is 10.2 Å². The summed E-state index contributed by atoms with van der Waals surface area (Å²) < 4.78 is 33.3. The molecule has 1 saturated heterocycles. The van der Waals surface area contributed by atoms with Crippen molar-refractivity contribution in [2.24, 2.45) is 5.92 Å². The van der Waals surface area contributed by atoms with Crippen LogP contribution in [-0.2, 0) is 14.8 Å². The minimum atomic E-state index is -3.57. The van der Waals surface area contributed by atoms with E-state index >= 15 is 0 Å². The molecule has 0 atom stereocenters. The van der Waals surface area contributed by atoms with Crippen molar-refractivity contribution in [3.63, 3.8) is 0 Å². The van der Waals surface area contributed by atoms with Gasteiger partial charge in [0.05, 0.1) is 17.2 Å². The zero-order chi connectivity index (χ0) is 20.1. The quantitative estimate of drug-likeness (QED) is 0.700. The van der Waals surface area contributed by atoms with Gasteiger partial charge in [-0.3, -0.25) is 4.79 Å². The van der Waals surface area contributed by atoms with Crippen LogP contribution in [0, 0.1) is 5.92 Å². The lowest BCUT2D eigenvalue weighted by molar-refractivity contribution is -0.120. The van der Waals surface area contributed by atoms with Crippen molar-refractivity contribution < 1.29 is 17.9 Å². The number of para-hydroxylation sites is 1. The number of hydrogen-bond donors (Lipinski definition) is 1. The number of sulfonamides is 1. The van der Waals surface area contributed by atoms with Gasteiger partial charge in [-0.15, -0.1) is 0 Å². The molecule has 0 aromatic heterocycles. The van der Waals surface area contributed by atoms with E-state index in [1.54, 1.807) is 24.3 Å². The number of ether oxygens (including phenoxy) is 1. The van der Waals surface area contributed by atoms with Crippen LogP contribution < -0.4 is 10.1 Å². The molecule has 0 radical (unpaired) electrons. The predicted octanol–water partition coefficient (Wildman–Crippen LogP) is 3.89. The molecule has 28 heavy (non-hydrogen) atoms. The van der Waals surface area contributed by atoms with Crippen LogP contribution in [0.4, 0.5) is 5.69 Å². The van der Waals surface area contributed by atoms with Crippen molar-refractivity contribution >= 4 is 37.5 Å². The van der Waals surface area contributed by atoms with Gasteiger partial charge in [-0.1, -0.05) is 12.1 Å². The molecule has 2 aromatic carbocycles. The van der Waals surface area contributed by atoms with Crippen molar-refractivity contribution in [2.75, 3.05) is 25.0 Å². The predicted molar refractivity (Wildman–Crippen MR) is 112 cm³/mol. The fourth-order valence-corrected chi connectivity index (χ4v) is 5.03. The zero-order valence-corrected chi connectivity index (χ0v) is 18.0. The normalized spacial score (nSPS) is 15.9. The molecule has 1 aliphatic heterocycles. The molecular weight excluding hydrogens is 444 g/mol. The van der Waals surface area contributed by atoms with E-state index in [2.05, 4.69) is 21.2 Å². The number of benzene rings is 2. The Hall–Kier alpha value is -1.90. The van der Waals surface area contributed by atoms with E-state index in [-0.39, 0.29) is 16.7 Å². The molecule has 0 bridgehead atoms. The lowest BCUT2D eigenvalue weighted by atomic mass is 9.97. The molecule has 1 fully saturated rings. The summed E-state index contributed by atoms with van der Waals surface area (Å²) in [6.45, 7) is 3.05. The van der Waals surface area contributed by atoms with Crippen LogP contribution in [0.5, 0.6) is 5.75 Å². The van der Waals surface area contributed by atoms with Gasteiger partial charge in [0.25, 0.3) is 0 Å². The van der Waals surface area contributed by atoms with Gasteiger partial charge in [0, 0.05) is 23.5 Å². The van der Waals surface area contributed by atoms with Crippen molar-refractivity contribution in [3.05, 3.63) is 53.0 Å². The summed E-state index contributed by atoms with van der Waals surface area (Å²) in [5, 5.41) is 2.92. The number of carbonyl (C=O) groups excluding carboxylic acids is 1. The summed E-state index contributed by atoms with van der Waals surface area (Å²) >= 11 is 3.41. The number of rotatable bonds is 6. The van der Waals surface area contributed by atoms with Gasteiger partial charge in [0.1, 0.15) is 5.75 Å². The summed E-state index contributed by atoms with van der Waals surface area (Å²) in [7, 11) is -3.57. The highest BCUT2D eigenvalue weighted by Gasteiger charge is 2.32. The van der Waals surface area contributed by atoms with E-state index in [1.807, 2.05) is 31.2 Å². The minimum Gasteiger partial charge on any atom is -0.494 e. The molecule has 1 heterocycles. The number of piperidine rings is 1. The van der Waals surface area contributed by atoms with Gasteiger partial charge < -0.3 is 10.1 Å². The number of halogens is 1. The fraction of sp³-hybridized carbons (Fsp3) is 0.350. The molecule has 150 valence electrons. The summed E-state index contributed by atoms with van der Waals surface area (Å²) in [5.74, 6) is 0.354. The molecule has 0 spiro atoms. The SMILES string of the molecule is CCOc1ccc(S(=O)(=O)N2CCC(C(=O)Nc3ccccc3Br)CC2)cc1. The largest absolute Gasteiger partial charge is 0.494 e. The summed E-state index contributed by atoms with van der Waals surface area (Å²) in [4.78, 5) is 12.8. The summed E-state index contributed by atoms with van der Waals surface area (Å²) in [5.41, 5.74) is 0.719. The van der Waals surface area contributed by atoms with Gasteiger partial charge in [0.15, 0.2) is 0 Å². The number of hydrogen-bond acceptors (Lipinski definition) is 4. The molecule has 1 N–H and O–H groups in total. The molecule has 8 heteroatoms. The van der Waals surface area contributed by atoms with Gasteiger partial charge in [0.2, 0.25) is 15.9 Å². The van der Waals surface area contributed by atoms with Gasteiger partial charge >= 0.3 is 0 Å². The number of carbonyl (C=O) groups is 1. The number of amides is 1. The average Bonchev–Trinajstić information content (AvgIpc) is 2.70. The Bertz CT molecular complexity index is 923. The molecule has 3 rings (SSSR count). The summed E-state index contributed by atoms with van der Waals surface area (Å²) in [6.07, 6.45) is 0.985. The van der Waals surface area contributed by atoms with Crippen LogP contribution in [0.1, 0.15) is 19.8 Å². The Labute approximate surface area is 174 Å². The third-order valence-corrected chi connectivity index (χ3v) is 7.33. The molecule has 0 unspecified atom stereocenters. The van der Waals surface area contributed by atoms with E-state index in [1.165, 1.54) is 4.31 Å². The topological polar surface area (TPSA) is 75.7 Å². The molecular formula is C20H23BrN2O4S. The Balaban J connectivity index is 1.61. The first kappa shape index (κ1) is 20.8. The van der Waals surface area contributed by atoms with Crippen LogP contribution in [0.2, 0.25) is 0 Å². The fourth-order valence-electron chi connectivity index (χ4n) is 3.18. The molecule has 1 amide bonds. The Morgan fingerprint density at radius 1 is 1.14 bits per heavy atom. The van der Waals surface area contributed by atoms with Crippen molar-refractivity contribution in [3.8, 4) is 5.75 Å². The molecule has 0 aliphatic carbocycles. The van der Waals surface area contributed by atoms with E-state index in [4.69, 9.17) is 4.74 Å². The van der Waals surface area contributed by atoms with Crippen molar-refractivity contribution in [2.45, 2.75) is 24.7 Å². The maximum Gasteiger partial charge on any atom is 0.243 e. The zero-order valence-electron chi connectivity index (χ0n) is 15.6. The van der Waals surface area contributed by atoms with E-state index in [0.29, 0.717) is 38.3 Å². The standard InChI is InChI=1S/C20H23BrN2O4S/c1-2-27-16-7-9-17(10-8-16)28(25,26)23-13-11-15(12-14-23)20(24)22-19-6-4-3-5-18(19)21/h3-10,15H,2,11-14H2,1H3,(H,22,24). The van der Waals surface area contributed by atoms with Gasteiger partial charge in [-0.25, -0.2) is 8.42 Å². The summed E-state index contributed by atoms with van der Waals surface area (Å²) in [6, 6.07) is 13.9. The van der Waals surface area contributed by atoms with Crippen molar-refractivity contribution in [1.29, 1.82) is 0 Å². The molecule has 2 aromatic rings. The van der Waals surface area contributed by atoms with Gasteiger partial charge in [-0.05, 0) is 72.1 Å². The number of nitrogens with zero attached hydrogens (tertiary/aromatic N) is 1. The lowest BCUT2D eigenvalue weighted by Crippen LogP contribution is -2.41. The van der Waals surface area contributed by atoms with Crippen LogP contribution in [0.25, 0.3) is 0 Å². The highest BCUT2D eigenvalue weighted by molar-refractivity contribution is 9.10. The lowest BCUT2D eigenvalue weighted by Gasteiger charge is -2.30. The molecule has 1 aliphatic rings. The van der Waals surface area contributed by atoms with E-state index in [9.17, 15) is 13.2 Å². The highest BCUT2D eigenvalue weighted by atomic mass is 79.9. The smallest absolute Gasteiger partial charge is 0.243 e. The Kier molecular flexibility index (Phi) is 6.74. The van der Waals surface area contributed by atoms with Gasteiger partial charge in [-0.2, -0.15) is 4.31 Å². The second-order valence-electron chi connectivity index (χ2n) is 6.55. The first-order valence-electron chi connectivity index (χ1n) is 9.20. The number of anilines is 1. The van der Waals surface area contributed by atoms with Crippen molar-refractivity contribution in [1.82, 2.24) is 4.31 Å². The first-order valence-corrected chi connectivity index (χ1v) is 11.4. The average molecular weight is 467 g/mol. The third kappa shape index (κ3) is 4.74. The second-order valence-corrected chi connectivity index (χ2v) is 9.34. The van der Waals surface area contributed by atoms with Crippen LogP contribution >= 0.6 is 15.9 Å². The maximum absolute atomic E-state index is 12.8. The van der Waals surface area contributed by atoms with Crippen LogP contribution in [0.15, 0.2) is 57.9 Å². The first-order chi connectivity index (χ1) is 13.4. The maximum atomic E-state index is 12.8. The van der Waals surface area contributed by atoms with E-state index < -0.39 is 10.0 Å². The third-order valence-electron chi connectivity index (χ3n) is 4.73. The van der Waals surface area contributed by atoms with Crippen LogP contribution in [-0.4, -0.2) is 38.3 Å². The molecule has 0 saturated carbocycles. The second kappa shape index (κ2) is 9.07. The Morgan fingerprint density at radius 3 is 2.39 bits per heavy atom. The minimum absolute atomic E-state index is 0.0787. The molecule has 6 nitrogen and oxygen atoms in total.